The molecule has 3 fully saturated rings. The van der Waals surface area contributed by atoms with E-state index in [1.807, 2.05) is 16.7 Å². The van der Waals surface area contributed by atoms with Crippen molar-refractivity contribution in [3.05, 3.63) is 35.6 Å². The number of ether oxygens (including phenoxy) is 2. The van der Waals surface area contributed by atoms with E-state index in [0.717, 1.165) is 63.5 Å². The minimum Gasteiger partial charge on any atom is -0.381 e. The fourth-order valence-corrected chi connectivity index (χ4v) is 5.58. The Morgan fingerprint density at radius 1 is 1.27 bits per heavy atom. The zero-order valence-electron chi connectivity index (χ0n) is 15.0. The van der Waals surface area contributed by atoms with Gasteiger partial charge in [-0.15, -0.1) is 11.8 Å². The number of halogens is 1. The number of benzene rings is 1. The van der Waals surface area contributed by atoms with Gasteiger partial charge < -0.3 is 14.4 Å². The second-order valence-electron chi connectivity index (χ2n) is 7.76. The van der Waals surface area contributed by atoms with Crippen molar-refractivity contribution in [2.75, 3.05) is 38.7 Å². The average molecular weight is 379 g/mol. The summed E-state index contributed by atoms with van der Waals surface area (Å²) in [5.41, 5.74) is 0.870. The van der Waals surface area contributed by atoms with Crippen molar-refractivity contribution >= 4 is 17.7 Å². The first-order valence-corrected chi connectivity index (χ1v) is 10.5. The molecular weight excluding hydrogens is 353 g/mol. The zero-order valence-corrected chi connectivity index (χ0v) is 15.8. The van der Waals surface area contributed by atoms with Gasteiger partial charge >= 0.3 is 0 Å². The largest absolute Gasteiger partial charge is 0.381 e. The van der Waals surface area contributed by atoms with Crippen LogP contribution >= 0.6 is 11.8 Å². The Kier molecular flexibility index (Phi) is 5.53. The highest BCUT2D eigenvalue weighted by atomic mass is 32.2. The summed E-state index contributed by atoms with van der Waals surface area (Å²) >= 11 is 1.96. The second-order valence-corrected chi connectivity index (χ2v) is 9.25. The van der Waals surface area contributed by atoms with E-state index in [0.29, 0.717) is 18.4 Å². The van der Waals surface area contributed by atoms with Crippen molar-refractivity contribution < 1.29 is 18.7 Å². The van der Waals surface area contributed by atoms with E-state index in [1.165, 1.54) is 12.1 Å². The first-order valence-electron chi connectivity index (χ1n) is 9.47. The molecule has 0 aliphatic carbocycles. The van der Waals surface area contributed by atoms with Gasteiger partial charge in [0.25, 0.3) is 0 Å². The maximum Gasteiger partial charge on any atom is 0.227 e. The molecule has 26 heavy (non-hydrogen) atoms. The van der Waals surface area contributed by atoms with Gasteiger partial charge in [-0.25, -0.2) is 4.39 Å². The summed E-state index contributed by atoms with van der Waals surface area (Å²) in [5.74, 6) is 1.54. The number of amides is 1. The van der Waals surface area contributed by atoms with Crippen LogP contribution in [0.3, 0.4) is 0 Å². The molecule has 142 valence electrons. The minimum absolute atomic E-state index is 0.134. The molecule has 1 atom stereocenters. The third-order valence-electron chi connectivity index (χ3n) is 5.66. The number of nitrogens with zero attached hydrogens (tertiary/aromatic N) is 1. The lowest BCUT2D eigenvalue weighted by molar-refractivity contribution is -0.136. The van der Waals surface area contributed by atoms with Crippen LogP contribution in [-0.4, -0.2) is 60.3 Å². The van der Waals surface area contributed by atoms with E-state index >= 15 is 0 Å². The van der Waals surface area contributed by atoms with E-state index in [-0.39, 0.29) is 16.5 Å². The summed E-state index contributed by atoms with van der Waals surface area (Å²) in [6.07, 6.45) is 3.93. The van der Waals surface area contributed by atoms with Crippen LogP contribution < -0.4 is 0 Å². The Hall–Kier alpha value is -1.11. The molecular formula is C20H26FNO3S. The van der Waals surface area contributed by atoms with Crippen molar-refractivity contribution in [2.45, 2.75) is 36.5 Å². The van der Waals surface area contributed by atoms with Gasteiger partial charge in [-0.3, -0.25) is 4.79 Å². The summed E-state index contributed by atoms with van der Waals surface area (Å²) in [4.78, 5) is 14.3. The number of carbonyl (C=O) groups excluding carboxylic acids is 1. The van der Waals surface area contributed by atoms with Crippen molar-refractivity contribution in [2.24, 2.45) is 5.92 Å². The molecule has 0 N–H and O–H groups in total. The second kappa shape index (κ2) is 7.87. The van der Waals surface area contributed by atoms with Gasteiger partial charge in [0.2, 0.25) is 5.91 Å². The predicted molar refractivity (Wildman–Crippen MR) is 99.8 cm³/mol. The summed E-state index contributed by atoms with van der Waals surface area (Å²) in [7, 11) is 0. The minimum atomic E-state index is -0.266. The highest BCUT2D eigenvalue weighted by Crippen LogP contribution is 2.46. The standard InChI is InChI=1S/C20H26FNO3S/c21-17-3-1-15(2-4-17)9-19(23)22-13-20(14-22)10-18(12-26-20)25-11-16-5-7-24-8-6-16/h1-4,16,18H,5-14H2/t18-/m1/s1. The number of rotatable bonds is 5. The Labute approximate surface area is 158 Å². The Morgan fingerprint density at radius 3 is 2.73 bits per heavy atom. The van der Waals surface area contributed by atoms with Gasteiger partial charge in [-0.2, -0.15) is 0 Å². The molecule has 1 aromatic rings. The van der Waals surface area contributed by atoms with Gasteiger partial charge in [0, 0.05) is 38.7 Å². The summed E-state index contributed by atoms with van der Waals surface area (Å²) in [6.45, 7) is 4.20. The molecule has 4 rings (SSSR count). The Balaban J connectivity index is 1.20. The van der Waals surface area contributed by atoms with Gasteiger partial charge in [0.15, 0.2) is 0 Å². The molecule has 3 heterocycles. The fraction of sp³-hybridized carbons (Fsp3) is 0.650. The predicted octanol–water partition coefficient (Wildman–Crippen LogP) is 2.90. The van der Waals surface area contributed by atoms with Crippen LogP contribution in [0.2, 0.25) is 0 Å². The number of thioether (sulfide) groups is 1. The van der Waals surface area contributed by atoms with Crippen molar-refractivity contribution in [3.8, 4) is 0 Å². The first kappa shape index (κ1) is 18.3. The lowest BCUT2D eigenvalue weighted by Gasteiger charge is -2.47. The maximum atomic E-state index is 13.0. The number of carbonyl (C=O) groups is 1. The molecule has 0 unspecified atom stereocenters. The van der Waals surface area contributed by atoms with Gasteiger partial charge in [-0.05, 0) is 42.9 Å². The zero-order chi connectivity index (χ0) is 18.0. The van der Waals surface area contributed by atoms with Crippen LogP contribution in [0.25, 0.3) is 0 Å². The molecule has 1 aromatic carbocycles. The molecule has 0 bridgehead atoms. The molecule has 0 aromatic heterocycles. The Morgan fingerprint density at radius 2 is 2.00 bits per heavy atom. The van der Waals surface area contributed by atoms with E-state index in [2.05, 4.69) is 0 Å². The van der Waals surface area contributed by atoms with Crippen LogP contribution in [0.1, 0.15) is 24.8 Å². The molecule has 1 amide bonds. The van der Waals surface area contributed by atoms with Crippen molar-refractivity contribution in [1.29, 1.82) is 0 Å². The highest BCUT2D eigenvalue weighted by molar-refractivity contribution is 8.01. The number of hydrogen-bond donors (Lipinski definition) is 0. The number of likely N-dealkylation sites (tertiary alicyclic amines) is 1. The van der Waals surface area contributed by atoms with Crippen molar-refractivity contribution in [3.63, 3.8) is 0 Å². The third-order valence-corrected chi connectivity index (χ3v) is 7.24. The fourth-order valence-electron chi connectivity index (χ4n) is 4.03. The maximum absolute atomic E-state index is 13.0. The normalized spacial score (nSPS) is 25.4. The van der Waals surface area contributed by atoms with E-state index < -0.39 is 0 Å². The molecule has 3 aliphatic rings. The third kappa shape index (κ3) is 4.24. The van der Waals surface area contributed by atoms with Crippen LogP contribution in [0.15, 0.2) is 24.3 Å². The van der Waals surface area contributed by atoms with E-state index in [4.69, 9.17) is 9.47 Å². The van der Waals surface area contributed by atoms with Crippen LogP contribution in [0, 0.1) is 11.7 Å². The average Bonchev–Trinajstić information content (AvgIpc) is 3.06. The quantitative estimate of drug-likeness (QED) is 0.789. The SMILES string of the molecule is O=C(Cc1ccc(F)cc1)N1CC2(C[C@@H](OCC3CCOCC3)CS2)C1. The lowest BCUT2D eigenvalue weighted by Crippen LogP contribution is -2.61. The molecule has 0 saturated carbocycles. The molecule has 0 radical (unpaired) electrons. The smallest absolute Gasteiger partial charge is 0.227 e. The van der Waals surface area contributed by atoms with Crippen LogP contribution in [0.5, 0.6) is 0 Å². The van der Waals surface area contributed by atoms with E-state index in [1.54, 1.807) is 12.1 Å². The molecule has 1 spiro atoms. The van der Waals surface area contributed by atoms with Gasteiger partial charge in [-0.1, -0.05) is 12.1 Å². The molecule has 6 heteroatoms. The summed E-state index contributed by atoms with van der Waals surface area (Å²) in [5, 5.41) is 0. The summed E-state index contributed by atoms with van der Waals surface area (Å²) < 4.78 is 24.7. The van der Waals surface area contributed by atoms with Gasteiger partial charge in [0.05, 0.1) is 17.3 Å². The Bertz CT molecular complexity index is 626. The van der Waals surface area contributed by atoms with Crippen LogP contribution in [-0.2, 0) is 20.7 Å². The molecule has 4 nitrogen and oxygen atoms in total. The first-order chi connectivity index (χ1) is 12.6. The van der Waals surface area contributed by atoms with E-state index in [9.17, 15) is 9.18 Å². The van der Waals surface area contributed by atoms with Crippen molar-refractivity contribution in [1.82, 2.24) is 4.90 Å². The molecule has 3 aliphatic heterocycles. The monoisotopic (exact) mass is 379 g/mol. The summed E-state index contributed by atoms with van der Waals surface area (Å²) in [6, 6.07) is 6.20. The van der Waals surface area contributed by atoms with Gasteiger partial charge in [0.1, 0.15) is 5.82 Å². The lowest BCUT2D eigenvalue weighted by atomic mass is 9.92. The molecule has 3 saturated heterocycles. The highest BCUT2D eigenvalue weighted by Gasteiger charge is 2.50. The number of hydrogen-bond acceptors (Lipinski definition) is 4. The topological polar surface area (TPSA) is 38.8 Å². The van der Waals surface area contributed by atoms with Crippen LogP contribution in [0.4, 0.5) is 4.39 Å².